The molecule has 3 heterocycles. The SMILES string of the molecule is CC(C)(C)c1nc(N2CCC(F)(F)C2)c2nn(Cc3c(F)ccc(F)c3Cl)nc2n1. The Morgan fingerprint density at radius 1 is 1.10 bits per heavy atom. The monoisotopic (exact) mass is 442 g/mol. The van der Waals surface area contributed by atoms with Crippen molar-refractivity contribution in [2.24, 2.45) is 0 Å². The quantitative estimate of drug-likeness (QED) is 0.446. The zero-order valence-electron chi connectivity index (χ0n) is 16.6. The first-order chi connectivity index (χ1) is 13.9. The minimum absolute atomic E-state index is 0.111. The third-order valence-corrected chi connectivity index (χ3v) is 5.26. The van der Waals surface area contributed by atoms with Crippen molar-refractivity contribution in [3.8, 4) is 0 Å². The van der Waals surface area contributed by atoms with E-state index in [1.807, 2.05) is 20.8 Å². The molecule has 1 saturated heterocycles. The first-order valence-electron chi connectivity index (χ1n) is 9.33. The van der Waals surface area contributed by atoms with E-state index in [9.17, 15) is 17.6 Å². The number of aromatic nitrogens is 5. The summed E-state index contributed by atoms with van der Waals surface area (Å²) in [6.07, 6.45) is -0.290. The molecule has 30 heavy (non-hydrogen) atoms. The number of benzene rings is 1. The highest BCUT2D eigenvalue weighted by Crippen LogP contribution is 2.34. The first-order valence-corrected chi connectivity index (χ1v) is 9.71. The van der Waals surface area contributed by atoms with Gasteiger partial charge in [0.05, 0.1) is 18.1 Å². The standard InChI is InChI=1S/C19H19ClF4N6/c1-18(2,3)17-25-15-14(16(26-17)29-7-6-19(23,24)9-29)27-30(28-15)8-10-11(21)4-5-12(22)13(10)20/h4-5H,6-9H2,1-3H3. The Labute approximate surface area is 174 Å². The lowest BCUT2D eigenvalue weighted by Crippen LogP contribution is -2.27. The molecule has 1 aliphatic rings. The lowest BCUT2D eigenvalue weighted by molar-refractivity contribution is 0.0257. The number of rotatable bonds is 3. The molecule has 0 bridgehead atoms. The predicted molar refractivity (Wildman–Crippen MR) is 104 cm³/mol. The number of alkyl halides is 2. The smallest absolute Gasteiger partial charge is 0.266 e. The summed E-state index contributed by atoms with van der Waals surface area (Å²) in [6, 6.07) is 1.90. The van der Waals surface area contributed by atoms with Crippen LogP contribution in [-0.2, 0) is 12.0 Å². The lowest BCUT2D eigenvalue weighted by atomic mass is 9.96. The van der Waals surface area contributed by atoms with Crippen LogP contribution in [0.5, 0.6) is 0 Å². The molecule has 2 aromatic heterocycles. The number of fused-ring (bicyclic) bond motifs is 1. The number of hydrogen-bond acceptors (Lipinski definition) is 5. The molecule has 0 unspecified atom stereocenters. The summed E-state index contributed by atoms with van der Waals surface area (Å²) >= 11 is 5.90. The van der Waals surface area contributed by atoms with Gasteiger partial charge in [-0.05, 0) is 12.1 Å². The highest BCUT2D eigenvalue weighted by Gasteiger charge is 2.40. The number of hydrogen-bond donors (Lipinski definition) is 0. The maximum atomic E-state index is 14.2. The molecule has 0 N–H and O–H groups in total. The third kappa shape index (κ3) is 3.80. The van der Waals surface area contributed by atoms with Crippen LogP contribution in [0.15, 0.2) is 12.1 Å². The van der Waals surface area contributed by atoms with Crippen LogP contribution >= 0.6 is 11.6 Å². The van der Waals surface area contributed by atoms with Crippen molar-refractivity contribution in [2.75, 3.05) is 18.0 Å². The molecule has 3 aromatic rings. The van der Waals surface area contributed by atoms with E-state index >= 15 is 0 Å². The summed E-state index contributed by atoms with van der Waals surface area (Å²) in [7, 11) is 0. The van der Waals surface area contributed by atoms with Crippen LogP contribution in [0.2, 0.25) is 5.02 Å². The van der Waals surface area contributed by atoms with Crippen LogP contribution in [0.3, 0.4) is 0 Å². The summed E-state index contributed by atoms with van der Waals surface area (Å²) in [6.45, 7) is 5.05. The van der Waals surface area contributed by atoms with E-state index in [2.05, 4.69) is 20.2 Å². The van der Waals surface area contributed by atoms with Gasteiger partial charge in [0, 0.05) is 23.9 Å². The zero-order chi connectivity index (χ0) is 21.8. The van der Waals surface area contributed by atoms with Crippen molar-refractivity contribution >= 4 is 28.6 Å². The fraction of sp³-hybridized carbons (Fsp3) is 0.474. The number of anilines is 1. The van der Waals surface area contributed by atoms with Crippen molar-refractivity contribution in [1.29, 1.82) is 0 Å². The molecule has 160 valence electrons. The van der Waals surface area contributed by atoms with Crippen LogP contribution < -0.4 is 4.90 Å². The van der Waals surface area contributed by atoms with Gasteiger partial charge in [-0.1, -0.05) is 32.4 Å². The van der Waals surface area contributed by atoms with Gasteiger partial charge in [-0.25, -0.2) is 27.5 Å². The van der Waals surface area contributed by atoms with E-state index < -0.39 is 29.5 Å². The van der Waals surface area contributed by atoms with Crippen LogP contribution in [-0.4, -0.2) is 44.0 Å². The second kappa shape index (κ2) is 7.04. The molecule has 0 radical (unpaired) electrons. The van der Waals surface area contributed by atoms with Crippen molar-refractivity contribution in [1.82, 2.24) is 25.0 Å². The van der Waals surface area contributed by atoms with Crippen LogP contribution in [0.1, 0.15) is 38.6 Å². The van der Waals surface area contributed by atoms with Crippen LogP contribution in [0, 0.1) is 11.6 Å². The molecule has 0 amide bonds. The topological polar surface area (TPSA) is 59.7 Å². The highest BCUT2D eigenvalue weighted by atomic mass is 35.5. The Bertz CT molecular complexity index is 1120. The zero-order valence-corrected chi connectivity index (χ0v) is 17.3. The van der Waals surface area contributed by atoms with Gasteiger partial charge in [-0.3, -0.25) is 0 Å². The van der Waals surface area contributed by atoms with Gasteiger partial charge in [0.2, 0.25) is 5.65 Å². The maximum Gasteiger partial charge on any atom is 0.266 e. The summed E-state index contributed by atoms with van der Waals surface area (Å²) < 4.78 is 55.5. The average Bonchev–Trinajstić information content (AvgIpc) is 3.22. The van der Waals surface area contributed by atoms with Gasteiger partial charge in [-0.15, -0.1) is 10.2 Å². The molecule has 0 aliphatic carbocycles. The summed E-state index contributed by atoms with van der Waals surface area (Å²) in [5.74, 6) is -3.63. The Hall–Kier alpha value is -2.49. The van der Waals surface area contributed by atoms with E-state index in [1.165, 1.54) is 4.90 Å². The highest BCUT2D eigenvalue weighted by molar-refractivity contribution is 6.31. The predicted octanol–water partition coefficient (Wildman–Crippen LogP) is 4.34. The van der Waals surface area contributed by atoms with E-state index in [4.69, 9.17) is 11.6 Å². The molecular formula is C19H19ClF4N6. The molecule has 0 saturated carbocycles. The van der Waals surface area contributed by atoms with E-state index in [-0.39, 0.29) is 47.1 Å². The molecule has 1 aliphatic heterocycles. The number of halogens is 5. The number of nitrogens with zero attached hydrogens (tertiary/aromatic N) is 6. The van der Waals surface area contributed by atoms with Crippen LogP contribution in [0.25, 0.3) is 11.2 Å². The summed E-state index contributed by atoms with van der Waals surface area (Å²) in [5.41, 5.74) is -0.177. The molecule has 1 fully saturated rings. The third-order valence-electron chi connectivity index (χ3n) is 4.85. The van der Waals surface area contributed by atoms with Gasteiger partial charge in [0.1, 0.15) is 17.5 Å². The van der Waals surface area contributed by atoms with E-state index in [0.717, 1.165) is 16.9 Å². The summed E-state index contributed by atoms with van der Waals surface area (Å²) in [4.78, 5) is 11.5. The largest absolute Gasteiger partial charge is 0.348 e. The molecular weight excluding hydrogens is 424 g/mol. The minimum atomic E-state index is -2.83. The minimum Gasteiger partial charge on any atom is -0.348 e. The van der Waals surface area contributed by atoms with Gasteiger partial charge in [-0.2, -0.15) is 4.80 Å². The molecule has 11 heteroatoms. The molecule has 1 aromatic carbocycles. The maximum absolute atomic E-state index is 14.2. The fourth-order valence-electron chi connectivity index (χ4n) is 3.24. The van der Waals surface area contributed by atoms with Gasteiger partial charge in [0.25, 0.3) is 5.92 Å². The second-order valence-corrected chi connectivity index (χ2v) is 8.75. The molecule has 6 nitrogen and oxygen atoms in total. The normalized spacial score (nSPS) is 16.6. The Morgan fingerprint density at radius 2 is 1.80 bits per heavy atom. The molecule has 0 atom stereocenters. The van der Waals surface area contributed by atoms with Gasteiger partial charge < -0.3 is 4.90 Å². The van der Waals surface area contributed by atoms with Crippen molar-refractivity contribution < 1.29 is 17.6 Å². The average molecular weight is 443 g/mol. The van der Waals surface area contributed by atoms with E-state index in [0.29, 0.717) is 5.82 Å². The molecule has 0 spiro atoms. The Kier molecular flexibility index (Phi) is 4.87. The first kappa shape index (κ1) is 20.8. The second-order valence-electron chi connectivity index (χ2n) is 8.37. The molecule has 4 rings (SSSR count). The lowest BCUT2D eigenvalue weighted by Gasteiger charge is -2.21. The Balaban J connectivity index is 1.82. The van der Waals surface area contributed by atoms with Gasteiger partial charge in [0.15, 0.2) is 11.3 Å². The Morgan fingerprint density at radius 3 is 2.43 bits per heavy atom. The van der Waals surface area contributed by atoms with Crippen molar-refractivity contribution in [3.63, 3.8) is 0 Å². The van der Waals surface area contributed by atoms with E-state index in [1.54, 1.807) is 0 Å². The van der Waals surface area contributed by atoms with Crippen molar-refractivity contribution in [2.45, 2.75) is 45.1 Å². The fourth-order valence-corrected chi connectivity index (χ4v) is 3.45. The van der Waals surface area contributed by atoms with Gasteiger partial charge >= 0.3 is 0 Å². The van der Waals surface area contributed by atoms with Crippen molar-refractivity contribution in [3.05, 3.63) is 40.2 Å². The van der Waals surface area contributed by atoms with Crippen LogP contribution in [0.4, 0.5) is 23.4 Å². The summed E-state index contributed by atoms with van der Waals surface area (Å²) in [5, 5.41) is 8.17.